The van der Waals surface area contributed by atoms with E-state index in [2.05, 4.69) is 28.7 Å². The van der Waals surface area contributed by atoms with Crippen LogP contribution in [0, 0.1) is 5.92 Å². The molecule has 1 amide bonds. The number of aromatic nitrogens is 3. The summed E-state index contributed by atoms with van der Waals surface area (Å²) in [5.41, 5.74) is 3.00. The second-order valence-corrected chi connectivity index (χ2v) is 7.76. The first-order valence-corrected chi connectivity index (χ1v) is 10.2. The van der Waals surface area contributed by atoms with Gasteiger partial charge in [-0.05, 0) is 43.4 Å². The molecule has 3 aromatic rings. The summed E-state index contributed by atoms with van der Waals surface area (Å²) in [7, 11) is 0. The van der Waals surface area contributed by atoms with Gasteiger partial charge in [-0.2, -0.15) is 0 Å². The molecule has 0 aliphatic rings. The molecule has 2 heterocycles. The number of nitrogens with one attached hydrogen (secondary N) is 1. The molecular weight excluding hydrogens is 348 g/mol. The Morgan fingerprint density at radius 1 is 1.11 bits per heavy atom. The molecule has 3 rings (SSSR count). The van der Waals surface area contributed by atoms with E-state index < -0.39 is 0 Å². The van der Waals surface area contributed by atoms with Gasteiger partial charge in [0.1, 0.15) is 11.3 Å². The smallest absolute Gasteiger partial charge is 0.220 e. The summed E-state index contributed by atoms with van der Waals surface area (Å²) in [6.07, 6.45) is 4.96. The number of amides is 1. The van der Waals surface area contributed by atoms with E-state index in [-0.39, 0.29) is 11.9 Å². The van der Waals surface area contributed by atoms with Crippen molar-refractivity contribution in [3.63, 3.8) is 0 Å². The topological polar surface area (TPSA) is 59.8 Å². The number of pyridine rings is 1. The van der Waals surface area contributed by atoms with Gasteiger partial charge < -0.3 is 9.88 Å². The van der Waals surface area contributed by atoms with E-state index in [1.54, 1.807) is 0 Å². The number of benzene rings is 1. The molecule has 0 aliphatic heterocycles. The zero-order valence-corrected chi connectivity index (χ0v) is 17.1. The van der Waals surface area contributed by atoms with E-state index in [0.29, 0.717) is 12.3 Å². The van der Waals surface area contributed by atoms with Crippen molar-refractivity contribution in [1.82, 2.24) is 19.9 Å². The average molecular weight is 379 g/mol. The minimum absolute atomic E-state index is 0.0218. The van der Waals surface area contributed by atoms with Crippen LogP contribution in [0.5, 0.6) is 0 Å². The van der Waals surface area contributed by atoms with Crippen molar-refractivity contribution in [3.8, 4) is 0 Å². The van der Waals surface area contributed by atoms with Crippen LogP contribution in [0.15, 0.2) is 48.7 Å². The first kappa shape index (κ1) is 20.1. The maximum atomic E-state index is 12.3. The number of carbonyl (C=O) groups excluding carboxylic acids is 1. The number of imidazole rings is 1. The molecule has 0 bridgehead atoms. The third kappa shape index (κ3) is 5.18. The minimum atomic E-state index is 0.0218. The van der Waals surface area contributed by atoms with Crippen LogP contribution in [-0.2, 0) is 17.8 Å². The Morgan fingerprint density at radius 2 is 1.89 bits per heavy atom. The summed E-state index contributed by atoms with van der Waals surface area (Å²) in [4.78, 5) is 21.6. The first-order valence-electron chi connectivity index (χ1n) is 10.2. The molecular formula is C23H30N4O. The van der Waals surface area contributed by atoms with E-state index in [0.717, 1.165) is 48.4 Å². The molecule has 0 fully saturated rings. The van der Waals surface area contributed by atoms with Gasteiger partial charge in [0.15, 0.2) is 5.65 Å². The van der Waals surface area contributed by atoms with Gasteiger partial charge in [0.25, 0.3) is 0 Å². The summed E-state index contributed by atoms with van der Waals surface area (Å²) in [5, 5.41) is 3.09. The van der Waals surface area contributed by atoms with E-state index in [9.17, 15) is 4.79 Å². The highest BCUT2D eigenvalue weighted by Gasteiger charge is 2.13. The Hall–Kier alpha value is -2.69. The van der Waals surface area contributed by atoms with Crippen LogP contribution in [0.1, 0.15) is 57.5 Å². The Morgan fingerprint density at radius 3 is 2.64 bits per heavy atom. The number of rotatable bonds is 9. The largest absolute Gasteiger partial charge is 0.350 e. The molecule has 0 radical (unpaired) electrons. The highest BCUT2D eigenvalue weighted by Crippen LogP contribution is 2.18. The third-order valence-electron chi connectivity index (χ3n) is 4.99. The molecule has 1 N–H and O–H groups in total. The van der Waals surface area contributed by atoms with Crippen molar-refractivity contribution in [2.45, 2.75) is 59.0 Å². The molecule has 0 aliphatic carbocycles. The number of nitrogens with zero attached hydrogens (tertiary/aromatic N) is 3. The van der Waals surface area contributed by atoms with Crippen molar-refractivity contribution >= 4 is 17.1 Å². The fourth-order valence-electron chi connectivity index (χ4n) is 3.36. The second-order valence-electron chi connectivity index (χ2n) is 7.76. The molecule has 1 aromatic carbocycles. The fourth-order valence-corrected chi connectivity index (χ4v) is 3.36. The van der Waals surface area contributed by atoms with E-state index in [1.807, 2.05) is 55.6 Å². The number of hydrogen-bond acceptors (Lipinski definition) is 3. The fraction of sp³-hybridized carbons (Fsp3) is 0.435. The molecule has 0 saturated carbocycles. The Balaban J connectivity index is 1.58. The van der Waals surface area contributed by atoms with E-state index >= 15 is 0 Å². The summed E-state index contributed by atoms with van der Waals surface area (Å²) < 4.78 is 2.22. The Bertz CT molecular complexity index is 901. The van der Waals surface area contributed by atoms with Crippen LogP contribution in [0.3, 0.4) is 0 Å². The lowest BCUT2D eigenvalue weighted by atomic mass is 10.1. The zero-order valence-electron chi connectivity index (χ0n) is 17.1. The van der Waals surface area contributed by atoms with Gasteiger partial charge >= 0.3 is 0 Å². The second kappa shape index (κ2) is 9.49. The Kier molecular flexibility index (Phi) is 6.80. The normalized spacial score (nSPS) is 12.4. The summed E-state index contributed by atoms with van der Waals surface area (Å²) in [5.74, 6) is 1.73. The molecule has 0 spiro atoms. The zero-order chi connectivity index (χ0) is 19.9. The molecule has 5 heteroatoms. The number of carbonyl (C=O) groups is 1. The van der Waals surface area contributed by atoms with Crippen molar-refractivity contribution in [3.05, 3.63) is 60.0 Å². The lowest BCUT2D eigenvalue weighted by Gasteiger charge is -2.14. The average Bonchev–Trinajstić information content (AvgIpc) is 3.04. The monoisotopic (exact) mass is 378 g/mol. The molecule has 148 valence electrons. The van der Waals surface area contributed by atoms with Crippen LogP contribution < -0.4 is 5.32 Å². The van der Waals surface area contributed by atoms with Gasteiger partial charge in [-0.15, -0.1) is 0 Å². The highest BCUT2D eigenvalue weighted by atomic mass is 16.1. The van der Waals surface area contributed by atoms with E-state index in [1.165, 1.54) is 0 Å². The molecule has 2 aromatic heterocycles. The SMILES string of the molecule is CC(C)CCn1c(CCCC(=O)N[C@@H](C)c2ccccc2)nc2cccnc21. The quantitative estimate of drug-likeness (QED) is 0.588. The predicted molar refractivity (Wildman–Crippen MR) is 113 cm³/mol. The summed E-state index contributed by atoms with van der Waals surface area (Å²) >= 11 is 0. The maximum Gasteiger partial charge on any atom is 0.220 e. The summed E-state index contributed by atoms with van der Waals surface area (Å²) in [6, 6.07) is 14.0. The number of fused-ring (bicyclic) bond motifs is 1. The molecule has 5 nitrogen and oxygen atoms in total. The van der Waals surface area contributed by atoms with Gasteiger partial charge in [-0.3, -0.25) is 4.79 Å². The lowest BCUT2D eigenvalue weighted by molar-refractivity contribution is -0.121. The Labute approximate surface area is 167 Å². The van der Waals surface area contributed by atoms with Crippen LogP contribution in [0.25, 0.3) is 11.2 Å². The minimum Gasteiger partial charge on any atom is -0.350 e. The van der Waals surface area contributed by atoms with Gasteiger partial charge in [0, 0.05) is 25.6 Å². The van der Waals surface area contributed by atoms with E-state index in [4.69, 9.17) is 4.98 Å². The van der Waals surface area contributed by atoms with Crippen molar-refractivity contribution in [2.75, 3.05) is 0 Å². The van der Waals surface area contributed by atoms with Crippen molar-refractivity contribution < 1.29 is 4.79 Å². The van der Waals surface area contributed by atoms with Gasteiger partial charge in [0.05, 0.1) is 6.04 Å². The van der Waals surface area contributed by atoms with Crippen LogP contribution in [0.2, 0.25) is 0 Å². The van der Waals surface area contributed by atoms with Crippen LogP contribution in [-0.4, -0.2) is 20.4 Å². The summed E-state index contributed by atoms with van der Waals surface area (Å²) in [6.45, 7) is 7.39. The maximum absolute atomic E-state index is 12.3. The molecule has 1 atom stereocenters. The van der Waals surface area contributed by atoms with Gasteiger partial charge in [0.2, 0.25) is 5.91 Å². The third-order valence-corrected chi connectivity index (χ3v) is 4.99. The molecule has 0 saturated heterocycles. The van der Waals surface area contributed by atoms with Gasteiger partial charge in [-0.1, -0.05) is 44.2 Å². The standard InChI is InChI=1S/C23H30N4O/c1-17(2)14-16-27-21(26-20-11-8-15-24-23(20)27)12-7-13-22(28)25-18(3)19-9-5-4-6-10-19/h4-6,8-11,15,17-18H,7,12-14,16H2,1-3H3,(H,25,28)/t18-/m0/s1. The highest BCUT2D eigenvalue weighted by molar-refractivity contribution is 5.76. The van der Waals surface area contributed by atoms with Crippen molar-refractivity contribution in [1.29, 1.82) is 0 Å². The molecule has 0 unspecified atom stereocenters. The van der Waals surface area contributed by atoms with Gasteiger partial charge in [-0.25, -0.2) is 9.97 Å². The lowest BCUT2D eigenvalue weighted by Crippen LogP contribution is -2.26. The number of aryl methyl sites for hydroxylation is 2. The molecule has 28 heavy (non-hydrogen) atoms. The predicted octanol–water partition coefficient (Wildman–Crippen LogP) is 4.68. The van der Waals surface area contributed by atoms with Crippen LogP contribution in [0.4, 0.5) is 0 Å². The number of hydrogen-bond donors (Lipinski definition) is 1. The first-order chi connectivity index (χ1) is 13.5. The van der Waals surface area contributed by atoms with Crippen molar-refractivity contribution in [2.24, 2.45) is 5.92 Å². The van der Waals surface area contributed by atoms with Crippen LogP contribution >= 0.6 is 0 Å².